The second kappa shape index (κ2) is 3.08. The van der Waals surface area contributed by atoms with Crippen LogP contribution in [0.3, 0.4) is 0 Å². The second-order valence-electron chi connectivity index (χ2n) is 3.74. The summed E-state index contributed by atoms with van der Waals surface area (Å²) in [5.74, 6) is 0.473. The van der Waals surface area contributed by atoms with Gasteiger partial charge in [0.15, 0.2) is 6.29 Å². The lowest BCUT2D eigenvalue weighted by atomic mass is 10.1. The van der Waals surface area contributed by atoms with Crippen LogP contribution in [0.1, 0.15) is 21.5 Å². The number of carbonyl (C=O) groups excluding carboxylic acids is 1. The Balaban J connectivity index is 3.05. The summed E-state index contributed by atoms with van der Waals surface area (Å²) in [5, 5.41) is 0.866. The van der Waals surface area contributed by atoms with Crippen molar-refractivity contribution in [1.29, 1.82) is 0 Å². The van der Waals surface area contributed by atoms with E-state index in [0.717, 1.165) is 28.4 Å². The molecule has 0 bridgehead atoms. The number of hydrogen-bond acceptors (Lipinski definition) is 3. The van der Waals surface area contributed by atoms with Gasteiger partial charge in [0.2, 0.25) is 0 Å². The zero-order valence-electron chi connectivity index (χ0n) is 9.03. The van der Waals surface area contributed by atoms with Crippen LogP contribution in [0, 0.1) is 13.8 Å². The van der Waals surface area contributed by atoms with Crippen molar-refractivity contribution in [1.82, 2.24) is 9.55 Å². The van der Waals surface area contributed by atoms with Crippen LogP contribution in [0.5, 0.6) is 0 Å². The number of nitrogens with two attached hydrogens (primary N) is 1. The topological polar surface area (TPSA) is 60.9 Å². The summed E-state index contributed by atoms with van der Waals surface area (Å²) in [4.78, 5) is 15.3. The number of hydrogen-bond donors (Lipinski definition) is 1. The van der Waals surface area contributed by atoms with E-state index in [2.05, 4.69) is 4.98 Å². The molecule has 0 aliphatic rings. The average molecular weight is 203 g/mol. The Morgan fingerprint density at radius 3 is 2.73 bits per heavy atom. The van der Waals surface area contributed by atoms with Gasteiger partial charge in [-0.25, -0.2) is 4.98 Å². The monoisotopic (exact) mass is 203 g/mol. The number of nitrogen functional groups attached to an aromatic ring is 1. The molecule has 4 heteroatoms. The average Bonchev–Trinajstić information content (AvgIpc) is 2.47. The van der Waals surface area contributed by atoms with Crippen LogP contribution >= 0.6 is 0 Å². The zero-order valence-corrected chi connectivity index (χ0v) is 9.03. The highest BCUT2D eigenvalue weighted by atomic mass is 16.1. The Kier molecular flexibility index (Phi) is 2.00. The molecule has 78 valence electrons. The fraction of sp³-hybridized carbons (Fsp3) is 0.273. The van der Waals surface area contributed by atoms with Crippen molar-refractivity contribution in [2.45, 2.75) is 13.8 Å². The summed E-state index contributed by atoms with van der Waals surface area (Å²) in [6, 6.07) is 0. The van der Waals surface area contributed by atoms with E-state index in [-0.39, 0.29) is 0 Å². The molecule has 0 fully saturated rings. The quantitative estimate of drug-likeness (QED) is 0.716. The first-order chi connectivity index (χ1) is 7.07. The van der Waals surface area contributed by atoms with E-state index in [0.29, 0.717) is 11.4 Å². The summed E-state index contributed by atoms with van der Waals surface area (Å²) in [5.41, 5.74) is 9.27. The van der Waals surface area contributed by atoms with E-state index in [1.54, 1.807) is 10.8 Å². The summed E-state index contributed by atoms with van der Waals surface area (Å²) >= 11 is 0. The zero-order chi connectivity index (χ0) is 11.2. The highest BCUT2D eigenvalue weighted by molar-refractivity contribution is 6.03. The Morgan fingerprint density at radius 1 is 1.47 bits per heavy atom. The molecule has 0 saturated carbocycles. The van der Waals surface area contributed by atoms with Gasteiger partial charge in [-0.05, 0) is 25.0 Å². The molecule has 0 aliphatic heterocycles. The number of rotatable bonds is 1. The van der Waals surface area contributed by atoms with Crippen LogP contribution in [0.4, 0.5) is 5.82 Å². The summed E-state index contributed by atoms with van der Waals surface area (Å²) in [7, 11) is 1.81. The van der Waals surface area contributed by atoms with Gasteiger partial charge in [0.25, 0.3) is 0 Å². The third-order valence-electron chi connectivity index (χ3n) is 2.91. The molecule has 2 N–H and O–H groups in total. The molecule has 4 nitrogen and oxygen atoms in total. The molecular formula is C11H13N3O. The predicted molar refractivity (Wildman–Crippen MR) is 60.0 cm³/mol. The first-order valence-corrected chi connectivity index (χ1v) is 4.73. The number of pyridine rings is 1. The molecular weight excluding hydrogens is 190 g/mol. The Labute approximate surface area is 87.7 Å². The van der Waals surface area contributed by atoms with Gasteiger partial charge in [0.1, 0.15) is 11.5 Å². The third kappa shape index (κ3) is 1.14. The van der Waals surface area contributed by atoms with Gasteiger partial charge < -0.3 is 10.3 Å². The third-order valence-corrected chi connectivity index (χ3v) is 2.91. The molecule has 2 rings (SSSR count). The molecule has 2 heterocycles. The lowest BCUT2D eigenvalue weighted by molar-refractivity contribution is 0.112. The van der Waals surface area contributed by atoms with E-state index in [4.69, 9.17) is 5.73 Å². The van der Waals surface area contributed by atoms with Crippen LogP contribution in [-0.2, 0) is 7.05 Å². The largest absolute Gasteiger partial charge is 0.384 e. The minimum atomic E-state index is 0.473. The Bertz CT molecular complexity index is 555. The number of anilines is 1. The summed E-state index contributed by atoms with van der Waals surface area (Å²) in [6.45, 7) is 3.95. The van der Waals surface area contributed by atoms with Crippen LogP contribution in [0.15, 0.2) is 6.20 Å². The molecule has 0 atom stereocenters. The van der Waals surface area contributed by atoms with E-state index in [1.165, 1.54) is 0 Å². The van der Waals surface area contributed by atoms with Crippen molar-refractivity contribution in [3.63, 3.8) is 0 Å². The maximum atomic E-state index is 11.0. The molecule has 0 radical (unpaired) electrons. The number of fused-ring (bicyclic) bond motifs is 1. The SMILES string of the molecule is Cc1cnc2c(c1C)c(C=O)c(N)n2C. The van der Waals surface area contributed by atoms with E-state index >= 15 is 0 Å². The van der Waals surface area contributed by atoms with Gasteiger partial charge >= 0.3 is 0 Å². The number of nitrogens with zero attached hydrogens (tertiary/aromatic N) is 2. The van der Waals surface area contributed by atoms with E-state index in [1.807, 2.05) is 20.9 Å². The molecule has 0 saturated heterocycles. The molecule has 0 aliphatic carbocycles. The number of aryl methyl sites for hydroxylation is 3. The normalized spacial score (nSPS) is 10.9. The lowest BCUT2D eigenvalue weighted by Gasteiger charge is -2.01. The molecule has 2 aromatic heterocycles. The van der Waals surface area contributed by atoms with Crippen molar-refractivity contribution in [3.8, 4) is 0 Å². The molecule has 15 heavy (non-hydrogen) atoms. The van der Waals surface area contributed by atoms with Crippen molar-refractivity contribution in [2.75, 3.05) is 5.73 Å². The fourth-order valence-electron chi connectivity index (χ4n) is 1.80. The van der Waals surface area contributed by atoms with Crippen LogP contribution in [-0.4, -0.2) is 15.8 Å². The van der Waals surface area contributed by atoms with Gasteiger partial charge in [-0.2, -0.15) is 0 Å². The molecule has 0 unspecified atom stereocenters. The van der Waals surface area contributed by atoms with Crippen molar-refractivity contribution in [2.24, 2.45) is 7.05 Å². The Hall–Kier alpha value is -1.84. The molecule has 0 aromatic carbocycles. The minimum absolute atomic E-state index is 0.473. The van der Waals surface area contributed by atoms with Crippen LogP contribution in [0.25, 0.3) is 11.0 Å². The van der Waals surface area contributed by atoms with E-state index in [9.17, 15) is 4.79 Å². The van der Waals surface area contributed by atoms with Crippen molar-refractivity contribution < 1.29 is 4.79 Å². The highest BCUT2D eigenvalue weighted by Gasteiger charge is 2.15. The van der Waals surface area contributed by atoms with E-state index < -0.39 is 0 Å². The first-order valence-electron chi connectivity index (χ1n) is 4.73. The van der Waals surface area contributed by atoms with Gasteiger partial charge in [-0.1, -0.05) is 0 Å². The van der Waals surface area contributed by atoms with Gasteiger partial charge in [0.05, 0.1) is 5.56 Å². The standard InChI is InChI=1S/C11H13N3O/c1-6-4-13-11-9(7(6)2)8(5-15)10(12)14(11)3/h4-5H,12H2,1-3H3. The summed E-state index contributed by atoms with van der Waals surface area (Å²) in [6.07, 6.45) is 2.59. The predicted octanol–water partition coefficient (Wildman–Crippen LogP) is 1.58. The fourth-order valence-corrected chi connectivity index (χ4v) is 1.80. The molecule has 0 amide bonds. The molecule has 0 spiro atoms. The lowest BCUT2D eigenvalue weighted by Crippen LogP contribution is -1.98. The Morgan fingerprint density at radius 2 is 2.13 bits per heavy atom. The van der Waals surface area contributed by atoms with Crippen LogP contribution < -0.4 is 5.73 Å². The number of carbonyl (C=O) groups is 1. The first kappa shape index (κ1) is 9.71. The van der Waals surface area contributed by atoms with Gasteiger partial charge in [-0.3, -0.25) is 4.79 Å². The number of aldehydes is 1. The van der Waals surface area contributed by atoms with Gasteiger partial charge in [0, 0.05) is 18.6 Å². The maximum Gasteiger partial charge on any atom is 0.154 e. The van der Waals surface area contributed by atoms with Crippen molar-refractivity contribution in [3.05, 3.63) is 22.9 Å². The molecule has 2 aromatic rings. The highest BCUT2D eigenvalue weighted by Crippen LogP contribution is 2.28. The summed E-state index contributed by atoms with van der Waals surface area (Å²) < 4.78 is 1.74. The van der Waals surface area contributed by atoms with Crippen molar-refractivity contribution >= 4 is 23.1 Å². The number of aromatic nitrogens is 2. The van der Waals surface area contributed by atoms with Gasteiger partial charge in [-0.15, -0.1) is 0 Å². The van der Waals surface area contributed by atoms with Crippen LogP contribution in [0.2, 0.25) is 0 Å². The minimum Gasteiger partial charge on any atom is -0.384 e. The smallest absolute Gasteiger partial charge is 0.154 e. The second-order valence-corrected chi connectivity index (χ2v) is 3.74. The maximum absolute atomic E-state index is 11.0.